The van der Waals surface area contributed by atoms with Gasteiger partial charge in [-0.3, -0.25) is 14.4 Å². The quantitative estimate of drug-likeness (QED) is 0.280. The molecule has 0 unspecified atom stereocenters. The molecule has 3 aromatic rings. The van der Waals surface area contributed by atoms with Gasteiger partial charge in [0, 0.05) is 58.2 Å². The lowest BCUT2D eigenvalue weighted by Crippen LogP contribution is -2.51. The highest BCUT2D eigenvalue weighted by atomic mass is 19.1. The summed E-state index contributed by atoms with van der Waals surface area (Å²) >= 11 is 0. The predicted octanol–water partition coefficient (Wildman–Crippen LogP) is 3.06. The van der Waals surface area contributed by atoms with Crippen molar-refractivity contribution in [3.63, 3.8) is 0 Å². The Morgan fingerprint density at radius 1 is 0.907 bits per heavy atom. The van der Waals surface area contributed by atoms with Crippen LogP contribution in [-0.4, -0.2) is 77.5 Å². The van der Waals surface area contributed by atoms with E-state index in [9.17, 15) is 28.3 Å². The van der Waals surface area contributed by atoms with Gasteiger partial charge in [-0.1, -0.05) is 31.2 Å². The zero-order valence-electron chi connectivity index (χ0n) is 24.2. The van der Waals surface area contributed by atoms with E-state index in [-0.39, 0.29) is 48.9 Å². The molecule has 1 fully saturated rings. The minimum absolute atomic E-state index is 0.00576. The van der Waals surface area contributed by atoms with Gasteiger partial charge in [-0.2, -0.15) is 0 Å². The third kappa shape index (κ3) is 9.45. The Kier molecular flexibility index (Phi) is 11.4. The molecule has 43 heavy (non-hydrogen) atoms. The predicted molar refractivity (Wildman–Crippen MR) is 156 cm³/mol. The highest BCUT2D eigenvalue weighted by Crippen LogP contribution is 2.14. The Bertz CT molecular complexity index is 1360. The molecule has 1 aliphatic heterocycles. The number of amides is 3. The third-order valence-electron chi connectivity index (χ3n) is 7.49. The standard InChI is InChI=1S/C32H38F2N4O5/c1-2-22-5-3-6-23(15-22)20-35-21-28(39)27(18-24-16-25(33)19-26(34)17-24)36-30(40)8-9-31(41)37-10-12-38(13-11-37)32(42)29-7-4-14-43-29/h3-7,14-17,19,27-28,35,39H,2,8-13,18,20-21H2,1H3,(H,36,40)/t27-,28-/m0/s1. The summed E-state index contributed by atoms with van der Waals surface area (Å²) in [5.41, 5.74) is 2.52. The van der Waals surface area contributed by atoms with Crippen molar-refractivity contribution >= 4 is 17.7 Å². The normalized spacial score (nSPS) is 14.8. The number of furan rings is 1. The molecule has 3 amide bonds. The summed E-state index contributed by atoms with van der Waals surface area (Å²) in [4.78, 5) is 41.4. The smallest absolute Gasteiger partial charge is 0.289 e. The van der Waals surface area contributed by atoms with Gasteiger partial charge in [-0.15, -0.1) is 0 Å². The molecule has 0 radical (unpaired) electrons. The molecule has 2 aromatic carbocycles. The number of aliphatic hydroxyl groups is 1. The molecule has 1 aliphatic rings. The van der Waals surface area contributed by atoms with Gasteiger partial charge in [-0.25, -0.2) is 8.78 Å². The van der Waals surface area contributed by atoms with Crippen molar-refractivity contribution in [2.75, 3.05) is 32.7 Å². The maximum absolute atomic E-state index is 13.8. The van der Waals surface area contributed by atoms with Crippen molar-refractivity contribution < 1.29 is 32.7 Å². The first-order chi connectivity index (χ1) is 20.7. The number of halogens is 2. The lowest BCUT2D eigenvalue weighted by Gasteiger charge is -2.34. The number of piperazine rings is 1. The average Bonchev–Trinajstić information content (AvgIpc) is 3.54. The van der Waals surface area contributed by atoms with Gasteiger partial charge in [0.2, 0.25) is 11.8 Å². The second-order valence-corrected chi connectivity index (χ2v) is 10.7. The van der Waals surface area contributed by atoms with Gasteiger partial charge in [0.05, 0.1) is 18.4 Å². The zero-order valence-corrected chi connectivity index (χ0v) is 24.2. The van der Waals surface area contributed by atoms with E-state index in [0.29, 0.717) is 32.7 Å². The van der Waals surface area contributed by atoms with Crippen LogP contribution in [0.25, 0.3) is 0 Å². The fourth-order valence-corrected chi connectivity index (χ4v) is 5.10. The topological polar surface area (TPSA) is 115 Å². The molecule has 0 spiro atoms. The number of aryl methyl sites for hydroxylation is 1. The van der Waals surface area contributed by atoms with Crippen molar-refractivity contribution in [1.82, 2.24) is 20.4 Å². The number of rotatable bonds is 13. The monoisotopic (exact) mass is 596 g/mol. The van der Waals surface area contributed by atoms with E-state index in [4.69, 9.17) is 4.42 Å². The largest absolute Gasteiger partial charge is 0.459 e. The van der Waals surface area contributed by atoms with Crippen LogP contribution < -0.4 is 10.6 Å². The Balaban J connectivity index is 1.29. The van der Waals surface area contributed by atoms with Crippen LogP contribution in [0.15, 0.2) is 65.3 Å². The van der Waals surface area contributed by atoms with E-state index >= 15 is 0 Å². The number of hydrogen-bond donors (Lipinski definition) is 3. The SMILES string of the molecule is CCc1cccc(CNC[C@H](O)[C@H](Cc2cc(F)cc(F)c2)NC(=O)CCC(=O)N2CCN(C(=O)c3ccco3)CC2)c1. The molecule has 0 saturated carbocycles. The molecule has 2 atom stereocenters. The molecule has 4 rings (SSSR count). The van der Waals surface area contributed by atoms with Crippen LogP contribution in [0.4, 0.5) is 8.78 Å². The number of nitrogens with zero attached hydrogens (tertiary/aromatic N) is 2. The summed E-state index contributed by atoms with van der Waals surface area (Å²) in [5, 5.41) is 16.9. The van der Waals surface area contributed by atoms with Crippen LogP contribution in [-0.2, 0) is 29.0 Å². The summed E-state index contributed by atoms with van der Waals surface area (Å²) in [6.07, 6.45) is 1.08. The van der Waals surface area contributed by atoms with E-state index in [1.807, 2.05) is 18.2 Å². The first-order valence-electron chi connectivity index (χ1n) is 14.5. The van der Waals surface area contributed by atoms with Crippen LogP contribution in [0.3, 0.4) is 0 Å². The fraction of sp³-hybridized carbons (Fsp3) is 0.406. The van der Waals surface area contributed by atoms with E-state index in [0.717, 1.165) is 18.1 Å². The molecule has 11 heteroatoms. The van der Waals surface area contributed by atoms with Crippen LogP contribution in [0.5, 0.6) is 0 Å². The molecular formula is C32H38F2N4O5. The number of hydrogen-bond acceptors (Lipinski definition) is 6. The van der Waals surface area contributed by atoms with Gasteiger partial charge in [-0.05, 0) is 53.8 Å². The van der Waals surface area contributed by atoms with Gasteiger partial charge in [0.25, 0.3) is 5.91 Å². The first kappa shape index (κ1) is 31.8. The summed E-state index contributed by atoms with van der Waals surface area (Å²) in [7, 11) is 0. The average molecular weight is 597 g/mol. The van der Waals surface area contributed by atoms with Crippen LogP contribution in [0.1, 0.15) is 47.0 Å². The van der Waals surface area contributed by atoms with Gasteiger partial charge >= 0.3 is 0 Å². The van der Waals surface area contributed by atoms with Crippen molar-refractivity contribution in [3.8, 4) is 0 Å². The minimum Gasteiger partial charge on any atom is -0.459 e. The van der Waals surface area contributed by atoms with Crippen LogP contribution in [0.2, 0.25) is 0 Å². The Labute approximate surface area is 249 Å². The van der Waals surface area contributed by atoms with E-state index in [2.05, 4.69) is 23.6 Å². The first-order valence-corrected chi connectivity index (χ1v) is 14.5. The second-order valence-electron chi connectivity index (χ2n) is 10.7. The fourth-order valence-electron chi connectivity index (χ4n) is 5.10. The Morgan fingerprint density at radius 2 is 1.60 bits per heavy atom. The Hall–Kier alpha value is -4.09. The van der Waals surface area contributed by atoms with Crippen molar-refractivity contribution in [1.29, 1.82) is 0 Å². The molecule has 230 valence electrons. The van der Waals surface area contributed by atoms with Crippen LogP contribution >= 0.6 is 0 Å². The maximum Gasteiger partial charge on any atom is 0.289 e. The molecule has 0 bridgehead atoms. The van der Waals surface area contributed by atoms with Crippen molar-refractivity contribution in [3.05, 3.63) is 94.9 Å². The molecule has 1 saturated heterocycles. The van der Waals surface area contributed by atoms with E-state index < -0.39 is 29.7 Å². The molecule has 1 aromatic heterocycles. The summed E-state index contributed by atoms with van der Waals surface area (Å²) < 4.78 is 32.9. The van der Waals surface area contributed by atoms with Gasteiger partial charge < -0.3 is 30.0 Å². The second kappa shape index (κ2) is 15.4. The number of nitrogens with one attached hydrogen (secondary N) is 2. The highest BCUT2D eigenvalue weighted by molar-refractivity contribution is 5.91. The zero-order chi connectivity index (χ0) is 30.8. The van der Waals surface area contributed by atoms with Crippen molar-refractivity contribution in [2.24, 2.45) is 0 Å². The summed E-state index contributed by atoms with van der Waals surface area (Å²) in [6.45, 7) is 4.07. The number of benzene rings is 2. The summed E-state index contributed by atoms with van der Waals surface area (Å²) in [6, 6.07) is 13.5. The van der Waals surface area contributed by atoms with Gasteiger partial charge in [0.15, 0.2) is 5.76 Å². The Morgan fingerprint density at radius 3 is 2.28 bits per heavy atom. The lowest BCUT2D eigenvalue weighted by molar-refractivity contribution is -0.135. The molecule has 3 N–H and O–H groups in total. The van der Waals surface area contributed by atoms with E-state index in [1.165, 1.54) is 24.0 Å². The molecular weight excluding hydrogens is 558 g/mol. The summed E-state index contributed by atoms with van der Waals surface area (Å²) in [5.74, 6) is -2.17. The molecule has 2 heterocycles. The lowest BCUT2D eigenvalue weighted by atomic mass is 10.00. The number of aliphatic hydroxyl groups excluding tert-OH is 1. The third-order valence-corrected chi connectivity index (χ3v) is 7.49. The molecule has 9 nitrogen and oxygen atoms in total. The number of carbonyl (C=O) groups excluding carboxylic acids is 3. The maximum atomic E-state index is 13.8. The van der Waals surface area contributed by atoms with E-state index in [1.54, 1.807) is 21.9 Å². The highest BCUT2D eigenvalue weighted by Gasteiger charge is 2.27. The number of carbonyl (C=O) groups is 3. The minimum atomic E-state index is -1.07. The molecule has 0 aliphatic carbocycles. The van der Waals surface area contributed by atoms with Gasteiger partial charge in [0.1, 0.15) is 11.6 Å². The van der Waals surface area contributed by atoms with Crippen LogP contribution in [0, 0.1) is 11.6 Å². The van der Waals surface area contributed by atoms with Crippen molar-refractivity contribution in [2.45, 2.75) is 51.3 Å².